The van der Waals surface area contributed by atoms with Crippen molar-refractivity contribution >= 4 is 34.1 Å². The van der Waals surface area contributed by atoms with Crippen molar-refractivity contribution in [2.45, 2.75) is 24.0 Å². The van der Waals surface area contributed by atoms with E-state index in [0.29, 0.717) is 24.8 Å². The maximum atomic E-state index is 11.9. The first-order valence-electron chi connectivity index (χ1n) is 6.38. The lowest BCUT2D eigenvalue weighted by Gasteiger charge is -2.26. The maximum Gasteiger partial charge on any atom is 0.222 e. The molecule has 1 aromatic heterocycles. The first-order valence-corrected chi connectivity index (χ1v) is 8.18. The van der Waals surface area contributed by atoms with Crippen LogP contribution in [0.25, 0.3) is 0 Å². The number of carbonyl (C=O) groups excluding carboxylic acids is 1. The number of thioether (sulfide) groups is 1. The van der Waals surface area contributed by atoms with Crippen molar-refractivity contribution in [3.8, 4) is 0 Å². The molecule has 0 unspecified atom stereocenters. The first-order chi connectivity index (χ1) is 9.16. The fourth-order valence-electron chi connectivity index (χ4n) is 1.90. The fraction of sp³-hybridized carbons (Fsp3) is 0.667. The minimum atomic E-state index is 0.240. The lowest BCUT2D eigenvalue weighted by atomic mass is 10.3. The van der Waals surface area contributed by atoms with Gasteiger partial charge >= 0.3 is 0 Å². The highest BCUT2D eigenvalue weighted by Gasteiger charge is 2.16. The van der Waals surface area contributed by atoms with Gasteiger partial charge < -0.3 is 15.4 Å². The molecule has 1 aliphatic heterocycles. The number of aromatic nitrogens is 1. The highest BCUT2D eigenvalue weighted by atomic mass is 32.2. The molecule has 0 bridgehead atoms. The number of nitrogens with two attached hydrogens (primary N) is 1. The number of anilines is 1. The molecule has 0 radical (unpaired) electrons. The van der Waals surface area contributed by atoms with Gasteiger partial charge in [0.1, 0.15) is 0 Å². The van der Waals surface area contributed by atoms with Crippen molar-refractivity contribution in [2.75, 3.05) is 37.8 Å². The zero-order chi connectivity index (χ0) is 13.7. The van der Waals surface area contributed by atoms with Gasteiger partial charge in [-0.15, -0.1) is 11.8 Å². The molecule has 2 rings (SSSR count). The van der Waals surface area contributed by atoms with E-state index in [1.54, 1.807) is 11.8 Å². The Labute approximate surface area is 121 Å². The van der Waals surface area contributed by atoms with E-state index in [1.165, 1.54) is 11.3 Å². The van der Waals surface area contributed by atoms with Crippen LogP contribution in [0.5, 0.6) is 0 Å². The third-order valence-corrected chi connectivity index (χ3v) is 5.34. The van der Waals surface area contributed by atoms with Crippen molar-refractivity contribution in [3.63, 3.8) is 0 Å². The second-order valence-corrected chi connectivity index (χ2v) is 6.76. The molecule has 106 valence electrons. The average molecular weight is 301 g/mol. The quantitative estimate of drug-likeness (QED) is 0.663. The van der Waals surface area contributed by atoms with Crippen LogP contribution >= 0.6 is 23.1 Å². The molecule has 5 nitrogen and oxygen atoms in total. The summed E-state index contributed by atoms with van der Waals surface area (Å²) in [6.45, 7) is 4.76. The molecule has 0 spiro atoms. The van der Waals surface area contributed by atoms with Crippen LogP contribution in [0.3, 0.4) is 0 Å². The van der Waals surface area contributed by atoms with Crippen molar-refractivity contribution in [1.29, 1.82) is 0 Å². The van der Waals surface area contributed by atoms with Crippen LogP contribution in [0, 0.1) is 6.92 Å². The number of amides is 1. The second kappa shape index (κ2) is 7.12. The van der Waals surface area contributed by atoms with Gasteiger partial charge in [-0.25, -0.2) is 4.98 Å². The summed E-state index contributed by atoms with van der Waals surface area (Å²) in [6, 6.07) is 0. The zero-order valence-electron chi connectivity index (χ0n) is 11.1. The Balaban J connectivity index is 1.66. The van der Waals surface area contributed by atoms with E-state index in [-0.39, 0.29) is 5.91 Å². The van der Waals surface area contributed by atoms with Gasteiger partial charge in [0.05, 0.1) is 23.1 Å². The van der Waals surface area contributed by atoms with Gasteiger partial charge in [-0.1, -0.05) is 11.3 Å². The SMILES string of the molecule is Cc1nc(N)sc1SCCCC(=O)N1CCOCC1. The topological polar surface area (TPSA) is 68.5 Å². The number of hydrogen-bond acceptors (Lipinski definition) is 6. The molecule has 1 saturated heterocycles. The van der Waals surface area contributed by atoms with Crippen molar-refractivity contribution in [2.24, 2.45) is 0 Å². The summed E-state index contributed by atoms with van der Waals surface area (Å²) in [5, 5.41) is 0.615. The largest absolute Gasteiger partial charge is 0.378 e. The number of hydrogen-bond donors (Lipinski definition) is 1. The molecule has 1 aromatic rings. The van der Waals surface area contributed by atoms with Crippen molar-refractivity contribution in [3.05, 3.63) is 5.69 Å². The molecule has 2 N–H and O–H groups in total. The van der Waals surface area contributed by atoms with Crippen LogP contribution in [0.1, 0.15) is 18.5 Å². The predicted molar refractivity (Wildman–Crippen MR) is 78.6 cm³/mol. The van der Waals surface area contributed by atoms with Gasteiger partial charge in [0.25, 0.3) is 0 Å². The third kappa shape index (κ3) is 4.36. The van der Waals surface area contributed by atoms with Gasteiger partial charge in [-0.3, -0.25) is 4.79 Å². The Morgan fingerprint density at radius 3 is 2.89 bits per heavy atom. The van der Waals surface area contributed by atoms with E-state index >= 15 is 0 Å². The number of nitrogens with zero attached hydrogens (tertiary/aromatic N) is 2. The maximum absolute atomic E-state index is 11.9. The molecular formula is C12H19N3O2S2. The molecule has 0 aliphatic carbocycles. The molecule has 19 heavy (non-hydrogen) atoms. The summed E-state index contributed by atoms with van der Waals surface area (Å²) in [7, 11) is 0. The smallest absolute Gasteiger partial charge is 0.222 e. The van der Waals surface area contributed by atoms with Gasteiger partial charge in [-0.05, 0) is 19.1 Å². The number of thiazole rings is 1. The zero-order valence-corrected chi connectivity index (χ0v) is 12.7. The van der Waals surface area contributed by atoms with Crippen molar-refractivity contribution < 1.29 is 9.53 Å². The normalized spacial score (nSPS) is 15.7. The van der Waals surface area contributed by atoms with E-state index in [0.717, 1.165) is 35.2 Å². The van der Waals surface area contributed by atoms with E-state index in [1.807, 2.05) is 11.8 Å². The third-order valence-electron chi connectivity index (χ3n) is 2.90. The molecule has 1 amide bonds. The summed E-state index contributed by atoms with van der Waals surface area (Å²) in [6.07, 6.45) is 1.50. The lowest BCUT2D eigenvalue weighted by molar-refractivity contribution is -0.135. The van der Waals surface area contributed by atoms with E-state index in [2.05, 4.69) is 4.98 Å². The minimum absolute atomic E-state index is 0.240. The Morgan fingerprint density at radius 2 is 2.26 bits per heavy atom. The second-order valence-electron chi connectivity index (χ2n) is 4.37. The fourth-order valence-corrected chi connectivity index (χ4v) is 3.93. The highest BCUT2D eigenvalue weighted by Crippen LogP contribution is 2.30. The molecule has 7 heteroatoms. The minimum Gasteiger partial charge on any atom is -0.378 e. The van der Waals surface area contributed by atoms with Crippen LogP contribution in [0.15, 0.2) is 4.21 Å². The van der Waals surface area contributed by atoms with Crippen LogP contribution in [-0.2, 0) is 9.53 Å². The van der Waals surface area contributed by atoms with E-state index in [4.69, 9.17) is 10.5 Å². The number of carbonyl (C=O) groups is 1. The van der Waals surface area contributed by atoms with E-state index < -0.39 is 0 Å². The standard InChI is InChI=1S/C12H19N3O2S2/c1-9-11(19-12(13)14-9)18-8-2-3-10(16)15-4-6-17-7-5-15/h2-8H2,1H3,(H2,13,14). The molecule has 0 atom stereocenters. The number of morpholine rings is 1. The molecular weight excluding hydrogens is 282 g/mol. The lowest BCUT2D eigenvalue weighted by Crippen LogP contribution is -2.40. The van der Waals surface area contributed by atoms with Crippen LogP contribution in [0.4, 0.5) is 5.13 Å². The first kappa shape index (κ1) is 14.6. The van der Waals surface area contributed by atoms with E-state index in [9.17, 15) is 4.79 Å². The summed E-state index contributed by atoms with van der Waals surface area (Å²) in [4.78, 5) is 18.0. The number of nitrogen functional groups attached to an aromatic ring is 1. The Bertz CT molecular complexity index is 431. The van der Waals surface area contributed by atoms with Crippen LogP contribution in [-0.4, -0.2) is 47.8 Å². The van der Waals surface area contributed by atoms with Gasteiger partial charge in [0.2, 0.25) is 5.91 Å². The molecule has 1 fully saturated rings. The summed E-state index contributed by atoms with van der Waals surface area (Å²) >= 11 is 3.26. The highest BCUT2D eigenvalue weighted by molar-refractivity contribution is 8.01. The molecule has 2 heterocycles. The van der Waals surface area contributed by atoms with Gasteiger partial charge in [0, 0.05) is 19.5 Å². The Hall–Kier alpha value is -0.790. The average Bonchev–Trinajstić information content (AvgIpc) is 2.74. The summed E-state index contributed by atoms with van der Waals surface area (Å²) in [5.41, 5.74) is 6.64. The summed E-state index contributed by atoms with van der Waals surface area (Å²) < 4.78 is 6.40. The van der Waals surface area contributed by atoms with Gasteiger partial charge in [0.15, 0.2) is 5.13 Å². The predicted octanol–water partition coefficient (Wildman–Crippen LogP) is 1.76. The number of aryl methyl sites for hydroxylation is 1. The summed E-state index contributed by atoms with van der Waals surface area (Å²) in [5.74, 6) is 1.17. The number of rotatable bonds is 5. The van der Waals surface area contributed by atoms with Crippen LogP contribution < -0.4 is 5.73 Å². The Morgan fingerprint density at radius 1 is 1.53 bits per heavy atom. The van der Waals surface area contributed by atoms with Gasteiger partial charge in [-0.2, -0.15) is 0 Å². The Kier molecular flexibility index (Phi) is 5.47. The number of ether oxygens (including phenoxy) is 1. The van der Waals surface area contributed by atoms with Crippen LogP contribution in [0.2, 0.25) is 0 Å². The molecule has 0 saturated carbocycles. The molecule has 0 aromatic carbocycles. The van der Waals surface area contributed by atoms with Crippen molar-refractivity contribution in [1.82, 2.24) is 9.88 Å². The molecule has 1 aliphatic rings. The monoisotopic (exact) mass is 301 g/mol.